The molecule has 2 heterocycles. The number of ether oxygens (including phenoxy) is 8. The predicted octanol–water partition coefficient (Wildman–Crippen LogP) is 7.99. The number of carbonyl (C=O) groups is 5. The number of carboxylic acid groups (broad SMARTS) is 1. The van der Waals surface area contributed by atoms with Gasteiger partial charge in [-0.1, -0.05) is 90.1 Å². The van der Waals surface area contributed by atoms with Gasteiger partial charge in [-0.15, -0.1) is 0 Å². The van der Waals surface area contributed by atoms with E-state index in [1.807, 2.05) is 46.9 Å². The summed E-state index contributed by atoms with van der Waals surface area (Å²) >= 11 is 0. The summed E-state index contributed by atoms with van der Waals surface area (Å²) in [5, 5.41) is 26.8. The molecule has 396 valence electrons. The van der Waals surface area contributed by atoms with E-state index < -0.39 is 138 Å². The average Bonchev–Trinajstić information content (AvgIpc) is 3.58. The zero-order valence-electron chi connectivity index (χ0n) is 44.4. The molecule has 1 amide bonds. The van der Waals surface area contributed by atoms with Crippen LogP contribution >= 0.6 is 0 Å². The third kappa shape index (κ3) is 10.0. The third-order valence-corrected chi connectivity index (χ3v) is 20.6. The highest BCUT2D eigenvalue weighted by Crippen LogP contribution is 2.68. The molecule has 0 radical (unpaired) electrons. The number of aliphatic carboxylic acids is 1. The summed E-state index contributed by atoms with van der Waals surface area (Å²) in [6.45, 7) is 26.2. The number of carbonyl (C=O) groups excluding carboxylic acids is 4. The van der Waals surface area contributed by atoms with Crippen molar-refractivity contribution < 1.29 is 76.5 Å². The Morgan fingerprint density at radius 1 is 0.889 bits per heavy atom. The van der Waals surface area contributed by atoms with E-state index in [0.717, 1.165) is 0 Å². The molecule has 7 rings (SSSR count). The van der Waals surface area contributed by atoms with Crippen LogP contribution in [0, 0.1) is 16.7 Å². The molecule has 2 aromatic rings. The molecule has 2 bridgehead atoms. The van der Waals surface area contributed by atoms with Crippen LogP contribution in [0.3, 0.4) is 0 Å². The van der Waals surface area contributed by atoms with Crippen LogP contribution in [-0.2, 0) is 56.7 Å². The Morgan fingerprint density at radius 2 is 1.50 bits per heavy atom. The van der Waals surface area contributed by atoms with Gasteiger partial charge in [0.05, 0.1) is 36.3 Å². The van der Waals surface area contributed by atoms with Gasteiger partial charge in [0.25, 0.3) is 0 Å². The van der Waals surface area contributed by atoms with Gasteiger partial charge in [0.1, 0.15) is 42.2 Å². The van der Waals surface area contributed by atoms with E-state index in [0.29, 0.717) is 16.7 Å². The first-order chi connectivity index (χ1) is 33.2. The van der Waals surface area contributed by atoms with E-state index >= 15 is 4.79 Å². The Bertz CT molecular complexity index is 2430. The molecule has 12 atom stereocenters. The van der Waals surface area contributed by atoms with Crippen molar-refractivity contribution in [3.05, 3.63) is 82.9 Å². The van der Waals surface area contributed by atoms with Crippen LogP contribution in [0.15, 0.2) is 71.8 Å². The maximum Gasteiger partial charge on any atom is 0.408 e. The molecule has 2 saturated carbocycles. The lowest BCUT2D eigenvalue weighted by molar-refractivity contribution is -0.365. The number of hydrogen-bond acceptors (Lipinski definition) is 15. The maximum absolute atomic E-state index is 15.6. The number of hydrogen-bond donors (Lipinski definition) is 3. The van der Waals surface area contributed by atoms with Gasteiger partial charge in [-0.25, -0.2) is 19.2 Å². The number of rotatable bonds is 13. The number of esters is 3. The molecule has 2 saturated heterocycles. The van der Waals surface area contributed by atoms with Crippen LogP contribution in [-0.4, -0.2) is 127 Å². The van der Waals surface area contributed by atoms with Gasteiger partial charge in [-0.2, -0.15) is 0 Å². The number of benzene rings is 2. The van der Waals surface area contributed by atoms with E-state index in [2.05, 4.69) is 5.32 Å². The Labute approximate surface area is 424 Å². The second-order valence-electron chi connectivity index (χ2n) is 23.9. The van der Waals surface area contributed by atoms with Crippen molar-refractivity contribution in [1.82, 2.24) is 5.32 Å². The van der Waals surface area contributed by atoms with Gasteiger partial charge in [0.15, 0.2) is 25.8 Å². The van der Waals surface area contributed by atoms with E-state index in [-0.39, 0.29) is 25.0 Å². The molecular formula is C54H75NO16Si. The molecule has 5 aliphatic rings. The predicted molar refractivity (Wildman–Crippen MR) is 264 cm³/mol. The fraction of sp³-hybridized carbons (Fsp3) is 0.648. The second-order valence-corrected chi connectivity index (χ2v) is 28.7. The first-order valence-electron chi connectivity index (χ1n) is 24.8. The number of carboxylic acids is 1. The molecule has 18 heteroatoms. The lowest BCUT2D eigenvalue weighted by Crippen LogP contribution is -2.82. The summed E-state index contributed by atoms with van der Waals surface area (Å²) in [6.07, 6.45) is -9.58. The summed E-state index contributed by atoms with van der Waals surface area (Å²) in [5.74, 6) is -6.18. The molecule has 2 aromatic carbocycles. The number of nitrogens with one attached hydrogen (secondary N) is 1. The zero-order chi connectivity index (χ0) is 53.4. The Kier molecular flexibility index (Phi) is 14.7. The van der Waals surface area contributed by atoms with Gasteiger partial charge in [0, 0.05) is 30.6 Å². The molecule has 0 spiro atoms. The van der Waals surface area contributed by atoms with Gasteiger partial charge in [0.2, 0.25) is 0 Å². The highest BCUT2D eigenvalue weighted by Gasteiger charge is 2.79. The standard InChI is InChI=1S/C54H75NO16Si/c1-30-34(65-46(60)41(71-72(14,15)49(6,7)8)39(32-22-18-16-19-23-32)55-47(61)70-48(3,4)5)27-54(62)44(66-45(59)33-24-20-17-21-25-33)42-52(13,43-40(38(30)50(54,9)10)68-51(11,12)69-43)35(63-28-37(57)58)26-36-53(42,29-64-36)67-31(2)56/h16-25,34-36,39-44,62H,26-29H2,1-15H3,(H,55,61)(H,57,58)/t34?,35?,36?,39?,40?,41?,42?,43?,44?,52-,53?,54?/m1/s1. The van der Waals surface area contributed by atoms with Crippen LogP contribution in [0.2, 0.25) is 18.1 Å². The lowest BCUT2D eigenvalue weighted by atomic mass is 9.44. The molecule has 17 nitrogen and oxygen atoms in total. The largest absolute Gasteiger partial charge is 0.480 e. The van der Waals surface area contributed by atoms with Gasteiger partial charge < -0.3 is 57.9 Å². The molecule has 3 aliphatic carbocycles. The average molecular weight is 1020 g/mol. The SMILES string of the molecule is CC(=O)OC12COC1CC(OCC(=O)O)[C@@]1(C)C3OC(C)(C)OC3C3=C(C)C(OC(=O)C(O[Si](C)(C)C(C)(C)C)C(NC(=O)OC(C)(C)C)c4ccccc4)CC(O)(C(OC(=O)c4ccccc4)C21)C3(C)C. The van der Waals surface area contributed by atoms with Crippen LogP contribution in [0.5, 0.6) is 0 Å². The fourth-order valence-electron chi connectivity index (χ4n) is 11.7. The number of aliphatic hydroxyl groups is 1. The van der Waals surface area contributed by atoms with Crippen molar-refractivity contribution in [2.24, 2.45) is 16.7 Å². The Morgan fingerprint density at radius 3 is 2.04 bits per heavy atom. The smallest absolute Gasteiger partial charge is 0.408 e. The Balaban J connectivity index is 1.47. The first kappa shape index (κ1) is 55.1. The van der Waals surface area contributed by atoms with Crippen molar-refractivity contribution in [1.29, 1.82) is 0 Å². The second kappa shape index (κ2) is 19.2. The van der Waals surface area contributed by atoms with Crippen molar-refractivity contribution in [3.63, 3.8) is 0 Å². The molecule has 3 N–H and O–H groups in total. The zero-order valence-corrected chi connectivity index (χ0v) is 45.4. The van der Waals surface area contributed by atoms with Gasteiger partial charge in [-0.05, 0) is 88.5 Å². The van der Waals surface area contributed by atoms with E-state index in [4.69, 9.17) is 42.3 Å². The normalized spacial score (nSPS) is 32.4. The summed E-state index contributed by atoms with van der Waals surface area (Å²) in [5.41, 5.74) is -5.95. The van der Waals surface area contributed by atoms with Crippen molar-refractivity contribution in [3.8, 4) is 0 Å². The van der Waals surface area contributed by atoms with Crippen LogP contribution in [0.25, 0.3) is 0 Å². The summed E-state index contributed by atoms with van der Waals surface area (Å²) < 4.78 is 59.1. The number of amides is 1. The van der Waals surface area contributed by atoms with Crippen LogP contribution in [0.1, 0.15) is 125 Å². The van der Waals surface area contributed by atoms with Gasteiger partial charge >= 0.3 is 30.0 Å². The minimum atomic E-state index is -2.91. The van der Waals surface area contributed by atoms with Crippen LogP contribution < -0.4 is 5.32 Å². The van der Waals surface area contributed by atoms with Gasteiger partial charge in [-0.3, -0.25) is 4.79 Å². The first-order valence-corrected chi connectivity index (χ1v) is 27.7. The molecule has 4 fully saturated rings. The van der Waals surface area contributed by atoms with Crippen molar-refractivity contribution >= 4 is 38.3 Å². The van der Waals surface area contributed by atoms with E-state index in [1.54, 1.807) is 110 Å². The summed E-state index contributed by atoms with van der Waals surface area (Å²) in [7, 11) is -2.91. The Hall–Kier alpha value is -4.69. The molecule has 2 aliphatic heterocycles. The molecule has 0 aromatic heterocycles. The highest BCUT2D eigenvalue weighted by atomic mass is 28.4. The van der Waals surface area contributed by atoms with Crippen molar-refractivity contribution in [2.75, 3.05) is 13.2 Å². The van der Waals surface area contributed by atoms with E-state index in [1.165, 1.54) is 6.92 Å². The molecule has 11 unspecified atom stereocenters. The van der Waals surface area contributed by atoms with Crippen molar-refractivity contribution in [2.45, 2.75) is 192 Å². The minimum absolute atomic E-state index is 0.0372. The third-order valence-electron chi connectivity index (χ3n) is 16.1. The molecular weight excluding hydrogens is 947 g/mol. The maximum atomic E-state index is 15.6. The fourth-order valence-corrected chi connectivity index (χ4v) is 12.9. The lowest BCUT2D eigenvalue weighted by Gasteiger charge is -2.69. The highest BCUT2D eigenvalue weighted by molar-refractivity contribution is 6.74. The quantitative estimate of drug-likeness (QED) is 0.0749. The topological polar surface area (TPSA) is 221 Å². The minimum Gasteiger partial charge on any atom is -0.480 e. The van der Waals surface area contributed by atoms with E-state index in [9.17, 15) is 29.4 Å². The number of fused-ring (bicyclic) bond motifs is 8. The summed E-state index contributed by atoms with van der Waals surface area (Å²) in [4.78, 5) is 69.8. The molecule has 72 heavy (non-hydrogen) atoms. The number of alkyl carbamates (subject to hydrolysis) is 1. The monoisotopic (exact) mass is 1020 g/mol. The summed E-state index contributed by atoms with van der Waals surface area (Å²) in [6, 6.07) is 16.0. The van der Waals surface area contributed by atoms with Crippen LogP contribution in [0.4, 0.5) is 4.79 Å².